The summed E-state index contributed by atoms with van der Waals surface area (Å²) < 4.78 is 10.6. The molecule has 1 aliphatic rings. The molecule has 3 N–H and O–H groups in total. The van der Waals surface area contributed by atoms with Gasteiger partial charge in [-0.15, -0.1) is 0 Å². The van der Waals surface area contributed by atoms with Crippen molar-refractivity contribution in [1.82, 2.24) is 15.5 Å². The lowest BCUT2D eigenvalue weighted by Crippen LogP contribution is -2.48. The van der Waals surface area contributed by atoms with E-state index >= 15 is 0 Å². The van der Waals surface area contributed by atoms with Gasteiger partial charge in [-0.3, -0.25) is 5.10 Å². The van der Waals surface area contributed by atoms with Gasteiger partial charge >= 0.3 is 12.1 Å². The van der Waals surface area contributed by atoms with Gasteiger partial charge in [0.25, 0.3) is 0 Å². The van der Waals surface area contributed by atoms with Gasteiger partial charge in [-0.25, -0.2) is 9.59 Å². The number of hydrogen-bond donors (Lipinski definition) is 3. The fourth-order valence-electron chi connectivity index (χ4n) is 2.12. The molecule has 1 unspecified atom stereocenters. The molecule has 0 aliphatic carbocycles. The highest BCUT2D eigenvalue weighted by atomic mass is 16.6. The van der Waals surface area contributed by atoms with Gasteiger partial charge in [-0.2, -0.15) is 5.10 Å². The zero-order chi connectivity index (χ0) is 15.7. The van der Waals surface area contributed by atoms with Crippen molar-refractivity contribution in [2.24, 2.45) is 0 Å². The lowest BCUT2D eigenvalue weighted by molar-refractivity contribution is 0.0433. The Morgan fingerprint density at radius 3 is 2.71 bits per heavy atom. The van der Waals surface area contributed by atoms with E-state index in [1.807, 2.05) is 0 Å². The summed E-state index contributed by atoms with van der Waals surface area (Å²) in [6, 6.07) is 1.40. The van der Waals surface area contributed by atoms with E-state index in [2.05, 4.69) is 15.5 Å². The van der Waals surface area contributed by atoms with Crippen LogP contribution in [0.2, 0.25) is 0 Å². The highest BCUT2D eigenvalue weighted by Gasteiger charge is 2.41. The standard InChI is InChI=1S/C13H19N3O5/c1-12(2,3)21-11(19)14-13(4-5-20-7-13)9-6-8(10(17)18)15-16-9/h6H,4-5,7H2,1-3H3,(H,14,19)(H,15,16)(H,17,18). The van der Waals surface area contributed by atoms with Crippen molar-refractivity contribution in [3.05, 3.63) is 17.5 Å². The van der Waals surface area contributed by atoms with Crippen molar-refractivity contribution in [3.63, 3.8) is 0 Å². The maximum Gasteiger partial charge on any atom is 0.408 e. The molecule has 0 spiro atoms. The van der Waals surface area contributed by atoms with Crippen LogP contribution in [0.4, 0.5) is 4.79 Å². The molecule has 2 heterocycles. The first-order valence-corrected chi connectivity index (χ1v) is 6.60. The highest BCUT2D eigenvalue weighted by Crippen LogP contribution is 2.30. The minimum absolute atomic E-state index is 0.109. The molecule has 1 aromatic heterocycles. The number of carbonyl (C=O) groups is 2. The maximum atomic E-state index is 12.0. The molecule has 21 heavy (non-hydrogen) atoms. The van der Waals surface area contributed by atoms with Gasteiger partial charge < -0.3 is 19.9 Å². The Morgan fingerprint density at radius 2 is 2.24 bits per heavy atom. The van der Waals surface area contributed by atoms with Crippen molar-refractivity contribution >= 4 is 12.1 Å². The number of amides is 1. The Bertz CT molecular complexity index is 540. The van der Waals surface area contributed by atoms with Crippen LogP contribution in [-0.2, 0) is 15.0 Å². The van der Waals surface area contributed by atoms with Crippen molar-refractivity contribution in [2.75, 3.05) is 13.2 Å². The number of ether oxygens (including phenoxy) is 2. The van der Waals surface area contributed by atoms with Crippen molar-refractivity contribution in [3.8, 4) is 0 Å². The van der Waals surface area contributed by atoms with E-state index in [0.717, 1.165) is 0 Å². The number of carboxylic acids is 1. The van der Waals surface area contributed by atoms with Crippen LogP contribution in [0.1, 0.15) is 43.4 Å². The average molecular weight is 297 g/mol. The van der Waals surface area contributed by atoms with Crippen LogP contribution in [0.5, 0.6) is 0 Å². The van der Waals surface area contributed by atoms with Crippen LogP contribution in [0.3, 0.4) is 0 Å². The number of carbonyl (C=O) groups excluding carboxylic acids is 1. The van der Waals surface area contributed by atoms with Crippen molar-refractivity contribution in [2.45, 2.75) is 38.3 Å². The monoisotopic (exact) mass is 297 g/mol. The first-order chi connectivity index (χ1) is 9.72. The van der Waals surface area contributed by atoms with E-state index in [1.165, 1.54) is 6.07 Å². The molecule has 0 aromatic carbocycles. The summed E-state index contributed by atoms with van der Waals surface area (Å²) in [6.07, 6.45) is -0.0764. The molecule has 116 valence electrons. The van der Waals surface area contributed by atoms with Gasteiger partial charge in [0.05, 0.1) is 12.3 Å². The fourth-order valence-corrected chi connectivity index (χ4v) is 2.12. The number of aromatic nitrogens is 2. The Morgan fingerprint density at radius 1 is 1.52 bits per heavy atom. The van der Waals surface area contributed by atoms with Gasteiger partial charge in [0.1, 0.15) is 11.1 Å². The molecule has 0 saturated carbocycles. The normalized spacial score (nSPS) is 22.0. The van der Waals surface area contributed by atoms with Crippen LogP contribution in [0.15, 0.2) is 6.07 Å². The fraction of sp³-hybridized carbons (Fsp3) is 0.615. The molecule has 0 radical (unpaired) electrons. The van der Waals surface area contributed by atoms with Gasteiger partial charge in [-0.1, -0.05) is 0 Å². The zero-order valence-corrected chi connectivity index (χ0v) is 12.2. The third kappa shape index (κ3) is 3.52. The van der Waals surface area contributed by atoms with Crippen LogP contribution in [0, 0.1) is 0 Å². The van der Waals surface area contributed by atoms with E-state index in [0.29, 0.717) is 18.7 Å². The summed E-state index contributed by atoms with van der Waals surface area (Å²) in [7, 11) is 0. The van der Waals surface area contributed by atoms with E-state index in [-0.39, 0.29) is 12.3 Å². The summed E-state index contributed by atoms with van der Waals surface area (Å²) in [5.41, 5.74) is -1.08. The summed E-state index contributed by atoms with van der Waals surface area (Å²) in [5, 5.41) is 18.1. The van der Waals surface area contributed by atoms with Crippen LogP contribution in [0.25, 0.3) is 0 Å². The topological polar surface area (TPSA) is 114 Å². The number of hydrogen-bond acceptors (Lipinski definition) is 5. The molecule has 1 atom stereocenters. The highest BCUT2D eigenvalue weighted by molar-refractivity contribution is 5.85. The van der Waals surface area contributed by atoms with Gasteiger partial charge in [0, 0.05) is 13.0 Å². The number of nitrogens with zero attached hydrogens (tertiary/aromatic N) is 1. The number of carboxylic acid groups (broad SMARTS) is 1. The van der Waals surface area contributed by atoms with E-state index in [1.54, 1.807) is 20.8 Å². The van der Waals surface area contributed by atoms with E-state index < -0.39 is 23.2 Å². The third-order valence-electron chi connectivity index (χ3n) is 3.07. The summed E-state index contributed by atoms with van der Waals surface area (Å²) in [6.45, 7) is 5.99. The Labute approximate surface area is 121 Å². The number of alkyl carbamates (subject to hydrolysis) is 1. The predicted octanol–water partition coefficient (Wildman–Crippen LogP) is 1.25. The minimum Gasteiger partial charge on any atom is -0.476 e. The quantitative estimate of drug-likeness (QED) is 0.773. The van der Waals surface area contributed by atoms with Gasteiger partial charge in [0.15, 0.2) is 5.69 Å². The molecule has 8 nitrogen and oxygen atoms in total. The first-order valence-electron chi connectivity index (χ1n) is 6.60. The zero-order valence-electron chi connectivity index (χ0n) is 12.2. The van der Waals surface area contributed by atoms with Crippen molar-refractivity contribution < 1.29 is 24.2 Å². The molecule has 0 bridgehead atoms. The maximum absolute atomic E-state index is 12.0. The van der Waals surface area contributed by atoms with Crippen molar-refractivity contribution in [1.29, 1.82) is 0 Å². The number of aromatic carboxylic acids is 1. The van der Waals surface area contributed by atoms with Crippen LogP contribution < -0.4 is 5.32 Å². The van der Waals surface area contributed by atoms with Gasteiger partial charge in [-0.05, 0) is 26.8 Å². The minimum atomic E-state index is -1.14. The lowest BCUT2D eigenvalue weighted by Gasteiger charge is -2.29. The second kappa shape index (κ2) is 5.36. The molecular formula is C13H19N3O5. The molecule has 1 amide bonds. The Balaban J connectivity index is 2.20. The summed E-state index contributed by atoms with van der Waals surface area (Å²) in [4.78, 5) is 22.9. The Kier molecular flexibility index (Phi) is 3.91. The molecule has 1 aromatic rings. The summed E-state index contributed by atoms with van der Waals surface area (Å²) in [5.74, 6) is -1.14. The number of nitrogens with one attached hydrogen (secondary N) is 2. The van der Waals surface area contributed by atoms with E-state index in [9.17, 15) is 9.59 Å². The molecule has 1 aliphatic heterocycles. The first kappa shape index (κ1) is 15.3. The average Bonchev–Trinajstić information content (AvgIpc) is 2.93. The smallest absolute Gasteiger partial charge is 0.408 e. The SMILES string of the molecule is CC(C)(C)OC(=O)NC1(c2cc(C(=O)O)n[nH]2)CCOC1. The number of aromatic amines is 1. The molecule has 1 fully saturated rings. The Hall–Kier alpha value is -2.09. The molecule has 2 rings (SSSR count). The van der Waals surface area contributed by atoms with Crippen LogP contribution in [-0.4, -0.2) is 46.2 Å². The van der Waals surface area contributed by atoms with Gasteiger partial charge in [0.2, 0.25) is 0 Å². The third-order valence-corrected chi connectivity index (χ3v) is 3.07. The summed E-state index contributed by atoms with van der Waals surface area (Å²) >= 11 is 0. The molecule has 1 saturated heterocycles. The second-order valence-electron chi connectivity index (χ2n) is 5.98. The molecule has 8 heteroatoms. The predicted molar refractivity (Wildman–Crippen MR) is 72.0 cm³/mol. The number of rotatable bonds is 3. The number of H-pyrrole nitrogens is 1. The largest absolute Gasteiger partial charge is 0.476 e. The molecular weight excluding hydrogens is 278 g/mol. The second-order valence-corrected chi connectivity index (χ2v) is 5.98. The van der Waals surface area contributed by atoms with Crippen LogP contribution >= 0.6 is 0 Å². The lowest BCUT2D eigenvalue weighted by atomic mass is 9.94. The van der Waals surface area contributed by atoms with E-state index in [4.69, 9.17) is 14.6 Å².